The lowest BCUT2D eigenvalue weighted by Crippen LogP contribution is -2.54. The third kappa shape index (κ3) is 9.64. The lowest BCUT2D eigenvalue weighted by atomic mass is 10.0. The molecule has 1 N–H and O–H groups in total. The molecule has 4 heterocycles. The zero-order valence-electron chi connectivity index (χ0n) is 32.9. The molecule has 0 spiro atoms. The van der Waals surface area contributed by atoms with Gasteiger partial charge in [-0.15, -0.1) is 0 Å². The normalized spacial score (nSPS) is 16.7. The van der Waals surface area contributed by atoms with Crippen LogP contribution >= 0.6 is 0 Å². The first-order valence-corrected chi connectivity index (χ1v) is 19.2. The first-order chi connectivity index (χ1) is 25.6. The Hall–Kier alpha value is -4.29. The van der Waals surface area contributed by atoms with E-state index in [4.69, 9.17) is 9.72 Å². The number of ether oxygens (including phenoxy) is 1. The van der Waals surface area contributed by atoms with Gasteiger partial charge in [0, 0.05) is 125 Å². The summed E-state index contributed by atoms with van der Waals surface area (Å²) in [5.74, 6) is 1.27. The number of carbonyl (C=O) groups excluding carboxylic acids is 1. The second kappa shape index (κ2) is 17.7. The molecular weight excluding hydrogens is 663 g/mol. The maximum absolute atomic E-state index is 13.5. The Labute approximate surface area is 316 Å². The molecule has 284 valence electrons. The van der Waals surface area contributed by atoms with Crippen LogP contribution in [-0.4, -0.2) is 139 Å². The summed E-state index contributed by atoms with van der Waals surface area (Å²) >= 11 is 0. The Morgan fingerprint density at radius 1 is 1.02 bits per heavy atom. The molecule has 0 bridgehead atoms. The number of amides is 1. The lowest BCUT2D eigenvalue weighted by Gasteiger charge is -2.43. The number of likely N-dealkylation sites (tertiary alicyclic amines) is 1. The van der Waals surface area contributed by atoms with Crippen LogP contribution in [0.15, 0.2) is 67.0 Å². The molecule has 6 rings (SSSR count). The summed E-state index contributed by atoms with van der Waals surface area (Å²) < 4.78 is 8.06. The number of piperazine rings is 1. The molecule has 2 aromatic heterocycles. The number of fused-ring (bicyclic) bond motifs is 1. The van der Waals surface area contributed by atoms with Crippen molar-refractivity contribution in [2.75, 3.05) is 97.4 Å². The van der Waals surface area contributed by atoms with Gasteiger partial charge in [-0.05, 0) is 72.1 Å². The minimum absolute atomic E-state index is 0.143. The Balaban J connectivity index is 1.14. The highest BCUT2D eigenvalue weighted by molar-refractivity contribution is 6.02. The van der Waals surface area contributed by atoms with Crippen molar-refractivity contribution >= 4 is 28.2 Å². The van der Waals surface area contributed by atoms with Crippen molar-refractivity contribution < 1.29 is 9.53 Å². The molecule has 0 unspecified atom stereocenters. The van der Waals surface area contributed by atoms with Gasteiger partial charge >= 0.3 is 0 Å². The average molecular weight is 722 g/mol. The molecule has 0 saturated carbocycles. The fraction of sp³-hybridized carbons (Fsp3) is 0.500. The van der Waals surface area contributed by atoms with Crippen molar-refractivity contribution in [1.29, 1.82) is 0 Å². The van der Waals surface area contributed by atoms with E-state index in [-0.39, 0.29) is 5.91 Å². The van der Waals surface area contributed by atoms with E-state index < -0.39 is 0 Å². The fourth-order valence-electron chi connectivity index (χ4n) is 7.75. The summed E-state index contributed by atoms with van der Waals surface area (Å²) in [5.41, 5.74) is 5.64. The first kappa shape index (κ1) is 38.4. The number of likely N-dealkylation sites (N-methyl/N-ethyl adjacent to an activating group) is 2. The van der Waals surface area contributed by atoms with E-state index in [1.807, 2.05) is 37.5 Å². The summed E-state index contributed by atoms with van der Waals surface area (Å²) in [4.78, 5) is 35.2. The molecule has 2 saturated heterocycles. The number of aryl methyl sites for hydroxylation is 1. The predicted molar refractivity (Wildman–Crippen MR) is 217 cm³/mol. The molecule has 0 atom stereocenters. The van der Waals surface area contributed by atoms with Gasteiger partial charge in [-0.3, -0.25) is 19.5 Å². The maximum atomic E-state index is 13.5. The maximum Gasteiger partial charge on any atom is 0.248 e. The Morgan fingerprint density at radius 3 is 2.49 bits per heavy atom. The predicted octanol–water partition coefficient (Wildman–Crippen LogP) is 5.22. The second-order valence-corrected chi connectivity index (χ2v) is 15.2. The molecule has 2 aliphatic heterocycles. The van der Waals surface area contributed by atoms with E-state index in [1.165, 1.54) is 39.0 Å². The molecule has 2 aromatic carbocycles. The van der Waals surface area contributed by atoms with Gasteiger partial charge in [-0.2, -0.15) is 0 Å². The Morgan fingerprint density at radius 2 is 1.77 bits per heavy atom. The lowest BCUT2D eigenvalue weighted by molar-refractivity contribution is -0.111. The number of hydrogen-bond acceptors (Lipinski definition) is 9. The van der Waals surface area contributed by atoms with Gasteiger partial charge < -0.3 is 24.4 Å². The molecule has 1 amide bonds. The Bertz CT molecular complexity index is 1850. The van der Waals surface area contributed by atoms with Crippen LogP contribution in [-0.2, 0) is 18.3 Å². The third-order valence-electron chi connectivity index (χ3n) is 11.0. The van der Waals surface area contributed by atoms with Crippen molar-refractivity contribution in [1.82, 2.24) is 34.1 Å². The van der Waals surface area contributed by atoms with E-state index in [1.54, 1.807) is 13.2 Å². The number of para-hydroxylation sites is 1. The molecule has 2 fully saturated rings. The van der Waals surface area contributed by atoms with Gasteiger partial charge in [0.1, 0.15) is 11.6 Å². The number of nitrogens with zero attached hydrogens (tertiary/aromatic N) is 8. The first-order valence-electron chi connectivity index (χ1n) is 19.2. The summed E-state index contributed by atoms with van der Waals surface area (Å²) in [6, 6.07) is 15.7. The topological polar surface area (TPSA) is 85.2 Å². The third-order valence-corrected chi connectivity index (χ3v) is 11.0. The SMILES string of the molecule is COc1cc(N(C)CCN(C)C)c(NC(=O)/C=C/CN2CCC(N3CCN(C(C)C)CC3)CC2)cc1Cc1nccc(-c2cn(C)c3ccccc23)n1. The van der Waals surface area contributed by atoms with E-state index in [0.29, 0.717) is 24.3 Å². The highest BCUT2D eigenvalue weighted by Crippen LogP contribution is 2.35. The number of benzene rings is 2. The Kier molecular flexibility index (Phi) is 12.8. The number of piperidine rings is 1. The van der Waals surface area contributed by atoms with Crippen molar-refractivity contribution in [3.8, 4) is 17.0 Å². The summed E-state index contributed by atoms with van der Waals surface area (Å²) in [7, 11) is 9.92. The van der Waals surface area contributed by atoms with Gasteiger partial charge in [0.2, 0.25) is 5.91 Å². The van der Waals surface area contributed by atoms with Crippen molar-refractivity contribution in [3.05, 3.63) is 78.4 Å². The van der Waals surface area contributed by atoms with Crippen molar-refractivity contribution in [2.24, 2.45) is 7.05 Å². The van der Waals surface area contributed by atoms with E-state index in [2.05, 4.69) is 105 Å². The second-order valence-electron chi connectivity index (χ2n) is 15.2. The van der Waals surface area contributed by atoms with Crippen LogP contribution in [0.4, 0.5) is 11.4 Å². The fourth-order valence-corrected chi connectivity index (χ4v) is 7.75. The highest BCUT2D eigenvalue weighted by atomic mass is 16.5. The molecule has 0 aliphatic carbocycles. The van der Waals surface area contributed by atoms with E-state index in [9.17, 15) is 4.79 Å². The summed E-state index contributed by atoms with van der Waals surface area (Å²) in [6.45, 7) is 13.8. The molecule has 4 aromatic rings. The van der Waals surface area contributed by atoms with Gasteiger partial charge in [0.15, 0.2) is 0 Å². The van der Waals surface area contributed by atoms with E-state index in [0.717, 1.165) is 77.6 Å². The highest BCUT2D eigenvalue weighted by Gasteiger charge is 2.28. The minimum atomic E-state index is -0.143. The van der Waals surface area contributed by atoms with Crippen LogP contribution in [0.2, 0.25) is 0 Å². The van der Waals surface area contributed by atoms with Crippen LogP contribution in [0.25, 0.3) is 22.2 Å². The monoisotopic (exact) mass is 721 g/mol. The standard InChI is InChI=1S/C42H59N9O2/c1-31(2)50-23-25-51(26-24-50)33-15-19-49(20-16-33)18-10-13-42(52)45-37-27-32(40(53-7)29-39(37)47(5)22-21-46(3)4)28-41-43-17-14-36(44-41)35-30-48(6)38-12-9-8-11-34(35)38/h8-14,17,27,29-31,33H,15-16,18-26,28H2,1-7H3,(H,45,52)/b13-10+. The molecule has 0 radical (unpaired) electrons. The zero-order valence-corrected chi connectivity index (χ0v) is 32.9. The van der Waals surface area contributed by atoms with Crippen LogP contribution in [0.5, 0.6) is 5.75 Å². The minimum Gasteiger partial charge on any atom is -0.496 e. The van der Waals surface area contributed by atoms with Crippen molar-refractivity contribution in [2.45, 2.75) is 45.2 Å². The number of aromatic nitrogens is 3. The number of carbonyl (C=O) groups is 1. The smallest absolute Gasteiger partial charge is 0.248 e. The van der Waals surface area contributed by atoms with Crippen LogP contribution in [0.1, 0.15) is 38.1 Å². The van der Waals surface area contributed by atoms with Gasteiger partial charge in [0.05, 0.1) is 24.2 Å². The summed E-state index contributed by atoms with van der Waals surface area (Å²) in [6.07, 6.45) is 10.5. The van der Waals surface area contributed by atoms with Crippen LogP contribution in [0, 0.1) is 0 Å². The van der Waals surface area contributed by atoms with Crippen molar-refractivity contribution in [3.63, 3.8) is 0 Å². The quantitative estimate of drug-likeness (QED) is 0.176. The molecule has 2 aliphatic rings. The number of methoxy groups -OCH3 is 1. The molecular formula is C42H59N9O2. The van der Waals surface area contributed by atoms with Crippen LogP contribution in [0.3, 0.4) is 0 Å². The van der Waals surface area contributed by atoms with E-state index >= 15 is 0 Å². The van der Waals surface area contributed by atoms with Gasteiger partial charge in [-0.25, -0.2) is 9.97 Å². The van der Waals surface area contributed by atoms with Gasteiger partial charge in [0.25, 0.3) is 0 Å². The van der Waals surface area contributed by atoms with Crippen LogP contribution < -0.4 is 15.0 Å². The average Bonchev–Trinajstić information content (AvgIpc) is 3.50. The number of nitrogens with one attached hydrogen (secondary N) is 1. The number of rotatable bonds is 14. The largest absolute Gasteiger partial charge is 0.496 e. The number of anilines is 2. The zero-order chi connectivity index (χ0) is 37.5. The number of hydrogen-bond donors (Lipinski definition) is 1. The molecule has 53 heavy (non-hydrogen) atoms. The van der Waals surface area contributed by atoms with Gasteiger partial charge in [-0.1, -0.05) is 24.3 Å². The molecule has 11 heteroatoms. The molecule has 11 nitrogen and oxygen atoms in total. The summed E-state index contributed by atoms with van der Waals surface area (Å²) in [5, 5.41) is 4.36.